The van der Waals surface area contributed by atoms with E-state index in [4.69, 9.17) is 5.73 Å². The van der Waals surface area contributed by atoms with Gasteiger partial charge in [0.05, 0.1) is 15.2 Å². The van der Waals surface area contributed by atoms with E-state index < -0.39 is 0 Å². The molecule has 0 aliphatic carbocycles. The van der Waals surface area contributed by atoms with Gasteiger partial charge in [-0.05, 0) is 37.0 Å². The number of carbonyl (C=O) groups excluding carboxylic acids is 1. The molecule has 1 atom stereocenters. The molecule has 25 heavy (non-hydrogen) atoms. The number of hydrogen-bond donors (Lipinski definition) is 2. The van der Waals surface area contributed by atoms with E-state index in [1.54, 1.807) is 11.3 Å². The van der Waals surface area contributed by atoms with Crippen LogP contribution in [0.1, 0.15) is 35.9 Å². The highest BCUT2D eigenvalue weighted by molar-refractivity contribution is 7.18. The molecule has 5 heteroatoms. The standard InChI is InChI=1S/C20H23N3OS/c21-16(15-8-2-1-3-9-15)14-22-19(24)12-6-7-13-20-23-17-10-4-5-11-18(17)25-20/h1-5,8-11,16H,6-7,12-14,21H2,(H,22,24). The molecule has 4 nitrogen and oxygen atoms in total. The maximum atomic E-state index is 12.0. The van der Waals surface area contributed by atoms with Crippen LogP contribution in [0.3, 0.4) is 0 Å². The van der Waals surface area contributed by atoms with Crippen molar-refractivity contribution in [2.75, 3.05) is 6.54 Å². The van der Waals surface area contributed by atoms with Crippen LogP contribution in [0.5, 0.6) is 0 Å². The predicted molar refractivity (Wildman–Crippen MR) is 104 cm³/mol. The molecule has 1 unspecified atom stereocenters. The summed E-state index contributed by atoms with van der Waals surface area (Å²) in [6.45, 7) is 0.473. The number of benzene rings is 2. The second-order valence-electron chi connectivity index (χ2n) is 6.10. The lowest BCUT2D eigenvalue weighted by Crippen LogP contribution is -2.31. The van der Waals surface area contributed by atoms with E-state index in [1.165, 1.54) is 4.70 Å². The smallest absolute Gasteiger partial charge is 0.220 e. The van der Waals surface area contributed by atoms with Gasteiger partial charge in [-0.25, -0.2) is 4.98 Å². The van der Waals surface area contributed by atoms with Crippen LogP contribution >= 0.6 is 11.3 Å². The Balaban J connectivity index is 1.35. The number of amides is 1. The van der Waals surface area contributed by atoms with Crippen molar-refractivity contribution in [3.8, 4) is 0 Å². The Morgan fingerprint density at radius 2 is 1.84 bits per heavy atom. The zero-order valence-electron chi connectivity index (χ0n) is 14.2. The van der Waals surface area contributed by atoms with Crippen molar-refractivity contribution in [1.82, 2.24) is 10.3 Å². The van der Waals surface area contributed by atoms with Gasteiger partial charge in [0.2, 0.25) is 5.91 Å². The number of nitrogens with zero attached hydrogens (tertiary/aromatic N) is 1. The normalized spacial score (nSPS) is 12.2. The Hall–Kier alpha value is -2.24. The van der Waals surface area contributed by atoms with Crippen molar-refractivity contribution in [2.24, 2.45) is 5.73 Å². The number of rotatable bonds is 8. The van der Waals surface area contributed by atoms with Crippen LogP contribution < -0.4 is 11.1 Å². The molecule has 0 spiro atoms. The van der Waals surface area contributed by atoms with E-state index in [2.05, 4.69) is 16.4 Å². The number of unbranched alkanes of at least 4 members (excludes halogenated alkanes) is 1. The Bertz CT molecular complexity index is 783. The van der Waals surface area contributed by atoms with E-state index in [9.17, 15) is 4.79 Å². The summed E-state index contributed by atoms with van der Waals surface area (Å²) in [5.74, 6) is 0.0654. The highest BCUT2D eigenvalue weighted by Gasteiger charge is 2.08. The molecule has 0 saturated carbocycles. The molecule has 0 saturated heterocycles. The Morgan fingerprint density at radius 3 is 2.64 bits per heavy atom. The van der Waals surface area contributed by atoms with Crippen molar-refractivity contribution in [2.45, 2.75) is 31.7 Å². The zero-order chi connectivity index (χ0) is 17.5. The van der Waals surface area contributed by atoms with Crippen molar-refractivity contribution < 1.29 is 4.79 Å². The summed E-state index contributed by atoms with van der Waals surface area (Å²) < 4.78 is 1.23. The molecule has 3 N–H and O–H groups in total. The minimum Gasteiger partial charge on any atom is -0.354 e. The quantitative estimate of drug-likeness (QED) is 0.605. The van der Waals surface area contributed by atoms with Gasteiger partial charge in [-0.3, -0.25) is 4.79 Å². The first-order chi connectivity index (χ1) is 12.2. The first kappa shape index (κ1) is 17.6. The number of hydrogen-bond acceptors (Lipinski definition) is 4. The molecular formula is C20H23N3OS. The SMILES string of the molecule is NC(CNC(=O)CCCCc1nc2ccccc2s1)c1ccccc1. The Morgan fingerprint density at radius 1 is 1.08 bits per heavy atom. The fourth-order valence-corrected chi connectivity index (χ4v) is 3.73. The molecule has 1 amide bonds. The minimum atomic E-state index is -0.159. The third-order valence-electron chi connectivity index (χ3n) is 4.13. The van der Waals surface area contributed by atoms with Gasteiger partial charge in [0, 0.05) is 19.0 Å². The molecule has 1 aromatic heterocycles. The fraction of sp³-hybridized carbons (Fsp3) is 0.300. The van der Waals surface area contributed by atoms with Crippen LogP contribution in [0.15, 0.2) is 54.6 Å². The molecule has 3 aromatic rings. The number of aryl methyl sites for hydroxylation is 1. The third kappa shape index (κ3) is 5.11. The van der Waals surface area contributed by atoms with E-state index in [0.717, 1.165) is 35.4 Å². The van der Waals surface area contributed by atoms with Crippen LogP contribution in [0.2, 0.25) is 0 Å². The summed E-state index contributed by atoms with van der Waals surface area (Å²) in [7, 11) is 0. The molecule has 1 heterocycles. The summed E-state index contributed by atoms with van der Waals surface area (Å²) in [6.07, 6.45) is 3.29. The monoisotopic (exact) mass is 353 g/mol. The van der Waals surface area contributed by atoms with Crippen LogP contribution in [0, 0.1) is 0 Å². The van der Waals surface area contributed by atoms with Crippen LogP contribution in [-0.4, -0.2) is 17.4 Å². The first-order valence-corrected chi connectivity index (χ1v) is 9.46. The van der Waals surface area contributed by atoms with Gasteiger partial charge >= 0.3 is 0 Å². The largest absolute Gasteiger partial charge is 0.354 e. The predicted octanol–water partition coefficient (Wildman–Crippen LogP) is 3.83. The number of nitrogens with one attached hydrogen (secondary N) is 1. The Kier molecular flexibility index (Phi) is 6.14. The van der Waals surface area contributed by atoms with Gasteiger partial charge in [0.15, 0.2) is 0 Å². The van der Waals surface area contributed by atoms with Gasteiger partial charge in [-0.15, -0.1) is 11.3 Å². The second-order valence-corrected chi connectivity index (χ2v) is 7.22. The summed E-state index contributed by atoms with van der Waals surface area (Å²) in [5.41, 5.74) is 8.19. The highest BCUT2D eigenvalue weighted by Crippen LogP contribution is 2.22. The number of aromatic nitrogens is 1. The number of para-hydroxylation sites is 1. The molecule has 0 radical (unpaired) electrons. The maximum Gasteiger partial charge on any atom is 0.220 e. The third-order valence-corrected chi connectivity index (χ3v) is 5.23. The second kappa shape index (κ2) is 8.74. The van der Waals surface area contributed by atoms with Gasteiger partial charge < -0.3 is 11.1 Å². The van der Waals surface area contributed by atoms with E-state index in [1.807, 2.05) is 48.5 Å². The first-order valence-electron chi connectivity index (χ1n) is 8.64. The van der Waals surface area contributed by atoms with Crippen molar-refractivity contribution >= 4 is 27.5 Å². The summed E-state index contributed by atoms with van der Waals surface area (Å²) in [4.78, 5) is 16.6. The molecule has 3 rings (SSSR count). The summed E-state index contributed by atoms with van der Waals surface area (Å²) in [5, 5.41) is 4.07. The average molecular weight is 353 g/mol. The van der Waals surface area contributed by atoms with E-state index >= 15 is 0 Å². The maximum absolute atomic E-state index is 12.0. The van der Waals surface area contributed by atoms with Crippen LogP contribution in [-0.2, 0) is 11.2 Å². The number of thiazole rings is 1. The van der Waals surface area contributed by atoms with Gasteiger partial charge in [0.25, 0.3) is 0 Å². The fourth-order valence-electron chi connectivity index (χ4n) is 2.72. The van der Waals surface area contributed by atoms with E-state index in [-0.39, 0.29) is 11.9 Å². The molecule has 130 valence electrons. The lowest BCUT2D eigenvalue weighted by Gasteiger charge is -2.13. The van der Waals surface area contributed by atoms with Crippen molar-refractivity contribution in [3.63, 3.8) is 0 Å². The number of fused-ring (bicyclic) bond motifs is 1. The molecule has 0 aliphatic rings. The highest BCUT2D eigenvalue weighted by atomic mass is 32.1. The van der Waals surface area contributed by atoms with Gasteiger partial charge in [0.1, 0.15) is 0 Å². The average Bonchev–Trinajstić information content (AvgIpc) is 3.07. The number of nitrogens with two attached hydrogens (primary N) is 1. The van der Waals surface area contributed by atoms with Crippen molar-refractivity contribution in [1.29, 1.82) is 0 Å². The molecule has 0 aliphatic heterocycles. The minimum absolute atomic E-state index is 0.0654. The van der Waals surface area contributed by atoms with Gasteiger partial charge in [-0.2, -0.15) is 0 Å². The number of carbonyl (C=O) groups is 1. The lowest BCUT2D eigenvalue weighted by atomic mass is 10.1. The van der Waals surface area contributed by atoms with Crippen LogP contribution in [0.4, 0.5) is 0 Å². The van der Waals surface area contributed by atoms with Gasteiger partial charge in [-0.1, -0.05) is 42.5 Å². The van der Waals surface area contributed by atoms with Crippen LogP contribution in [0.25, 0.3) is 10.2 Å². The van der Waals surface area contributed by atoms with Crippen molar-refractivity contribution in [3.05, 3.63) is 65.2 Å². The molecule has 0 bridgehead atoms. The topological polar surface area (TPSA) is 68.0 Å². The lowest BCUT2D eigenvalue weighted by molar-refractivity contribution is -0.121. The Labute approximate surface area is 152 Å². The molecule has 0 fully saturated rings. The molecule has 2 aromatic carbocycles. The van der Waals surface area contributed by atoms with E-state index in [0.29, 0.717) is 13.0 Å². The summed E-state index contributed by atoms with van der Waals surface area (Å²) >= 11 is 1.74. The molecular weight excluding hydrogens is 330 g/mol. The zero-order valence-corrected chi connectivity index (χ0v) is 15.0. The summed E-state index contributed by atoms with van der Waals surface area (Å²) in [6, 6.07) is 17.9.